The van der Waals surface area contributed by atoms with Gasteiger partial charge < -0.3 is 0 Å². The van der Waals surface area contributed by atoms with Crippen LogP contribution < -0.4 is 0 Å². The summed E-state index contributed by atoms with van der Waals surface area (Å²) in [6.07, 6.45) is 0. The molecule has 0 amide bonds. The van der Waals surface area contributed by atoms with Crippen molar-refractivity contribution in [2.24, 2.45) is 0 Å². The summed E-state index contributed by atoms with van der Waals surface area (Å²) in [5.74, 6) is 13.2. The van der Waals surface area contributed by atoms with Crippen molar-refractivity contribution in [2.75, 3.05) is 0 Å². The van der Waals surface area contributed by atoms with Crippen molar-refractivity contribution in [3.8, 4) is 23.7 Å². The minimum Gasteiger partial charge on any atom is -0.133 e. The van der Waals surface area contributed by atoms with Crippen LogP contribution in [-0.4, -0.2) is 0 Å². The molecule has 0 saturated carbocycles. The van der Waals surface area contributed by atoms with Crippen molar-refractivity contribution >= 4 is 73.8 Å². The summed E-state index contributed by atoms with van der Waals surface area (Å²) in [5, 5.41) is 7.55. The first-order valence-corrected chi connectivity index (χ1v) is 11.5. The van der Waals surface area contributed by atoms with Gasteiger partial charge in [-0.3, -0.25) is 0 Å². The molecule has 0 fully saturated rings. The second-order valence-corrected chi connectivity index (χ2v) is 9.41. The van der Waals surface area contributed by atoms with Crippen LogP contribution in [0.4, 0.5) is 0 Å². The van der Waals surface area contributed by atoms with E-state index in [9.17, 15) is 0 Å². The van der Waals surface area contributed by atoms with Crippen molar-refractivity contribution < 1.29 is 0 Å². The van der Waals surface area contributed by atoms with Crippen molar-refractivity contribution in [1.29, 1.82) is 0 Å². The molecule has 0 aliphatic carbocycles. The second-order valence-electron chi connectivity index (χ2n) is 7.30. The Hall–Kier alpha value is -3.30. The molecule has 6 rings (SSSR count). The zero-order chi connectivity index (χ0) is 20.2. The molecular formula is C28H16S2. The SMILES string of the molecule is CC#Cc1c2ccccc2cc2sc3c(sc4cc5ccccc5c(C#CC)c43)c12. The van der Waals surface area contributed by atoms with Crippen LogP contribution in [0.15, 0.2) is 60.7 Å². The number of benzene rings is 4. The lowest BCUT2D eigenvalue weighted by Gasteiger charge is -2.04. The van der Waals surface area contributed by atoms with Gasteiger partial charge in [0.15, 0.2) is 0 Å². The van der Waals surface area contributed by atoms with Crippen molar-refractivity contribution in [3.63, 3.8) is 0 Å². The van der Waals surface area contributed by atoms with Gasteiger partial charge in [-0.25, -0.2) is 0 Å². The van der Waals surface area contributed by atoms with Crippen LogP contribution in [0.3, 0.4) is 0 Å². The first-order chi connectivity index (χ1) is 14.8. The third-order valence-corrected chi connectivity index (χ3v) is 8.05. The van der Waals surface area contributed by atoms with Gasteiger partial charge in [0.25, 0.3) is 0 Å². The van der Waals surface area contributed by atoms with Crippen LogP contribution in [0.25, 0.3) is 51.1 Å². The molecule has 0 aliphatic rings. The van der Waals surface area contributed by atoms with E-state index in [1.54, 1.807) is 0 Å². The Morgan fingerprint density at radius 1 is 0.600 bits per heavy atom. The first-order valence-electron chi connectivity index (χ1n) is 9.88. The van der Waals surface area contributed by atoms with E-state index in [1.165, 1.54) is 51.1 Å². The number of hydrogen-bond acceptors (Lipinski definition) is 2. The zero-order valence-electron chi connectivity index (χ0n) is 16.6. The Morgan fingerprint density at radius 3 is 1.47 bits per heavy atom. The first kappa shape index (κ1) is 17.5. The highest BCUT2D eigenvalue weighted by molar-refractivity contribution is 7.36. The maximum atomic E-state index is 3.42. The average Bonchev–Trinajstić information content (AvgIpc) is 3.29. The van der Waals surface area contributed by atoms with Crippen LogP contribution in [-0.2, 0) is 0 Å². The Labute approximate surface area is 182 Å². The standard InChI is InChI=1S/C28H16S2/c1-3-9-21-19-13-7-5-11-17(19)15-23-25(21)27-28(29-23)26-22(10-4-2)20-14-8-6-12-18(20)16-24(26)30-27/h5-8,11-16H,1-2H3. The van der Waals surface area contributed by atoms with Gasteiger partial charge in [0.2, 0.25) is 0 Å². The Morgan fingerprint density at radius 2 is 1.03 bits per heavy atom. The van der Waals surface area contributed by atoms with Crippen molar-refractivity contribution in [3.05, 3.63) is 71.8 Å². The van der Waals surface area contributed by atoms with E-state index in [0.717, 1.165) is 11.1 Å². The molecule has 0 aliphatic heterocycles. The number of rotatable bonds is 0. The summed E-state index contributed by atoms with van der Waals surface area (Å²) in [6, 6.07) is 21.8. The van der Waals surface area contributed by atoms with Crippen LogP contribution >= 0.6 is 22.7 Å². The topological polar surface area (TPSA) is 0 Å². The minimum atomic E-state index is 1.15. The summed E-state index contributed by atoms with van der Waals surface area (Å²) in [4.78, 5) is 0. The molecule has 0 atom stereocenters. The summed E-state index contributed by atoms with van der Waals surface area (Å²) in [6.45, 7) is 3.84. The largest absolute Gasteiger partial charge is 0.133 e. The van der Waals surface area contributed by atoms with Crippen LogP contribution in [0, 0.1) is 23.7 Å². The van der Waals surface area contributed by atoms with Gasteiger partial charge in [-0.2, -0.15) is 0 Å². The highest BCUT2D eigenvalue weighted by Crippen LogP contribution is 2.48. The molecule has 0 radical (unpaired) electrons. The summed E-state index contributed by atoms with van der Waals surface area (Å²) < 4.78 is 5.28. The normalized spacial score (nSPS) is 11.1. The van der Waals surface area contributed by atoms with Gasteiger partial charge in [-0.15, -0.1) is 34.5 Å². The van der Waals surface area contributed by atoms with Crippen molar-refractivity contribution in [2.45, 2.75) is 13.8 Å². The van der Waals surface area contributed by atoms with E-state index in [4.69, 9.17) is 0 Å². The molecule has 2 heterocycles. The van der Waals surface area contributed by atoms with Gasteiger partial charge in [-0.05, 0) is 47.5 Å². The minimum absolute atomic E-state index is 1.15. The number of hydrogen-bond donors (Lipinski definition) is 0. The molecule has 0 nitrogen and oxygen atoms in total. The molecule has 0 N–H and O–H groups in total. The van der Waals surface area contributed by atoms with Crippen molar-refractivity contribution in [1.82, 2.24) is 0 Å². The fourth-order valence-electron chi connectivity index (χ4n) is 4.41. The number of thiophene rings is 2. The third kappa shape index (κ3) is 2.36. The Kier molecular flexibility index (Phi) is 3.87. The van der Waals surface area contributed by atoms with E-state index in [-0.39, 0.29) is 0 Å². The predicted octanol–water partition coefficient (Wildman–Crippen LogP) is 8.32. The van der Waals surface area contributed by atoms with Gasteiger partial charge >= 0.3 is 0 Å². The van der Waals surface area contributed by atoms with Crippen LogP contribution in [0.1, 0.15) is 25.0 Å². The Bertz CT molecular complexity index is 1640. The Balaban J connectivity index is 1.90. The molecule has 30 heavy (non-hydrogen) atoms. The van der Waals surface area contributed by atoms with Crippen LogP contribution in [0.5, 0.6) is 0 Å². The van der Waals surface area contributed by atoms with Gasteiger partial charge in [0.1, 0.15) is 0 Å². The number of fused-ring (bicyclic) bond motifs is 7. The highest BCUT2D eigenvalue weighted by Gasteiger charge is 2.19. The lowest BCUT2D eigenvalue weighted by Crippen LogP contribution is -1.81. The van der Waals surface area contributed by atoms with E-state index >= 15 is 0 Å². The fraction of sp³-hybridized carbons (Fsp3) is 0.0714. The third-order valence-electron chi connectivity index (χ3n) is 5.61. The lowest BCUT2D eigenvalue weighted by atomic mass is 9.99. The molecule has 0 bridgehead atoms. The lowest BCUT2D eigenvalue weighted by molar-refractivity contribution is 1.78. The van der Waals surface area contributed by atoms with E-state index in [0.29, 0.717) is 0 Å². The maximum Gasteiger partial charge on any atom is 0.0555 e. The van der Waals surface area contributed by atoms with Gasteiger partial charge in [0.05, 0.1) is 9.40 Å². The quantitative estimate of drug-likeness (QED) is 0.218. The summed E-state index contributed by atoms with van der Waals surface area (Å²) in [7, 11) is 0. The van der Waals surface area contributed by atoms with Crippen LogP contribution in [0.2, 0.25) is 0 Å². The smallest absolute Gasteiger partial charge is 0.0555 e. The molecule has 0 spiro atoms. The zero-order valence-corrected chi connectivity index (χ0v) is 18.2. The summed E-state index contributed by atoms with van der Waals surface area (Å²) in [5.41, 5.74) is 2.30. The fourth-order valence-corrected chi connectivity index (χ4v) is 7.23. The molecule has 140 valence electrons. The van der Waals surface area contributed by atoms with E-state index in [1.807, 2.05) is 36.5 Å². The molecule has 0 unspecified atom stereocenters. The van der Waals surface area contributed by atoms with Gasteiger partial charge in [0, 0.05) is 31.3 Å². The molecule has 4 aromatic carbocycles. The molecule has 2 aromatic heterocycles. The van der Waals surface area contributed by atoms with E-state index < -0.39 is 0 Å². The monoisotopic (exact) mass is 416 g/mol. The summed E-state index contributed by atoms with van der Waals surface area (Å²) >= 11 is 3.75. The predicted molar refractivity (Wildman–Crippen MR) is 135 cm³/mol. The average molecular weight is 417 g/mol. The highest BCUT2D eigenvalue weighted by atomic mass is 32.1. The molecule has 0 saturated heterocycles. The second kappa shape index (κ2) is 6.61. The maximum absolute atomic E-state index is 3.42. The molecular weight excluding hydrogens is 400 g/mol. The van der Waals surface area contributed by atoms with E-state index in [2.05, 4.69) is 84.3 Å². The molecule has 2 heteroatoms. The molecule has 6 aromatic rings. The van der Waals surface area contributed by atoms with Gasteiger partial charge in [-0.1, -0.05) is 60.4 Å².